The van der Waals surface area contributed by atoms with Crippen molar-refractivity contribution in [3.05, 3.63) is 95.8 Å². The molecule has 33 heavy (non-hydrogen) atoms. The highest BCUT2D eigenvalue weighted by molar-refractivity contribution is 5.98. The van der Waals surface area contributed by atoms with E-state index in [1.165, 1.54) is 0 Å². The second-order valence-corrected chi connectivity index (χ2v) is 7.33. The van der Waals surface area contributed by atoms with E-state index in [0.717, 1.165) is 16.9 Å². The van der Waals surface area contributed by atoms with Gasteiger partial charge in [0, 0.05) is 11.1 Å². The number of aromatic nitrogens is 3. The molecule has 0 saturated heterocycles. The quantitative estimate of drug-likeness (QED) is 0.292. The summed E-state index contributed by atoms with van der Waals surface area (Å²) in [7, 11) is 0. The molecule has 7 nitrogen and oxygen atoms in total. The van der Waals surface area contributed by atoms with Crippen LogP contribution in [0.4, 0.5) is 0 Å². The van der Waals surface area contributed by atoms with Crippen LogP contribution in [0.3, 0.4) is 0 Å². The van der Waals surface area contributed by atoms with Gasteiger partial charge >= 0.3 is 5.97 Å². The standard InChI is InChI=1S/C26H23N3O4/c1-3-32-22-14-12-21(13-15-22)29-25(20-11-7-8-18(2)16-20)27-24(28-29)26(31)33-17-23(30)19-9-5-4-6-10-19/h4-16H,3,17H2,1-2H3. The maximum absolute atomic E-state index is 12.7. The van der Waals surface area contributed by atoms with Gasteiger partial charge in [-0.1, -0.05) is 54.1 Å². The van der Waals surface area contributed by atoms with Crippen LogP contribution in [0.1, 0.15) is 33.5 Å². The fraction of sp³-hybridized carbons (Fsp3) is 0.154. The summed E-state index contributed by atoms with van der Waals surface area (Å²) in [5.74, 6) is 0.0367. The molecule has 0 spiro atoms. The summed E-state index contributed by atoms with van der Waals surface area (Å²) in [6.45, 7) is 4.07. The van der Waals surface area contributed by atoms with Gasteiger partial charge in [-0.05, 0) is 44.2 Å². The molecule has 0 bridgehead atoms. The van der Waals surface area contributed by atoms with Crippen molar-refractivity contribution < 1.29 is 19.1 Å². The average Bonchev–Trinajstić information content (AvgIpc) is 3.29. The summed E-state index contributed by atoms with van der Waals surface area (Å²) >= 11 is 0. The van der Waals surface area contributed by atoms with Crippen LogP contribution in [-0.4, -0.2) is 39.7 Å². The molecule has 3 aromatic carbocycles. The molecule has 0 N–H and O–H groups in total. The SMILES string of the molecule is CCOc1ccc(-n2nc(C(=O)OCC(=O)c3ccccc3)nc2-c2cccc(C)c2)cc1. The van der Waals surface area contributed by atoms with E-state index in [1.54, 1.807) is 28.9 Å². The number of aryl methyl sites for hydroxylation is 1. The van der Waals surface area contributed by atoms with E-state index in [1.807, 2.05) is 68.4 Å². The van der Waals surface area contributed by atoms with Crippen molar-refractivity contribution in [2.45, 2.75) is 13.8 Å². The smallest absolute Gasteiger partial charge is 0.378 e. The second-order valence-electron chi connectivity index (χ2n) is 7.33. The maximum Gasteiger partial charge on any atom is 0.378 e. The summed E-state index contributed by atoms with van der Waals surface area (Å²) in [5, 5.41) is 4.39. The lowest BCUT2D eigenvalue weighted by molar-refractivity contribution is 0.0462. The number of ketones is 1. The number of rotatable bonds is 8. The first-order valence-corrected chi connectivity index (χ1v) is 10.6. The van der Waals surface area contributed by atoms with Gasteiger partial charge in [-0.15, -0.1) is 5.10 Å². The van der Waals surface area contributed by atoms with Crippen molar-refractivity contribution in [1.82, 2.24) is 14.8 Å². The first-order valence-electron chi connectivity index (χ1n) is 10.6. The number of Topliss-reactive ketones (excluding diaryl/α,β-unsaturated/α-hetero) is 1. The number of hydrogen-bond acceptors (Lipinski definition) is 6. The Bertz CT molecular complexity index is 1260. The predicted molar refractivity (Wildman–Crippen MR) is 124 cm³/mol. The van der Waals surface area contributed by atoms with Gasteiger partial charge < -0.3 is 9.47 Å². The van der Waals surface area contributed by atoms with Gasteiger partial charge in [0.2, 0.25) is 0 Å². The van der Waals surface area contributed by atoms with Crippen LogP contribution in [0.25, 0.3) is 17.1 Å². The molecule has 166 valence electrons. The normalized spacial score (nSPS) is 10.6. The molecule has 0 atom stereocenters. The van der Waals surface area contributed by atoms with Gasteiger partial charge in [-0.3, -0.25) is 4.79 Å². The average molecular weight is 441 g/mol. The Morgan fingerprint density at radius 3 is 2.39 bits per heavy atom. The van der Waals surface area contributed by atoms with E-state index in [0.29, 0.717) is 23.7 Å². The Morgan fingerprint density at radius 1 is 0.939 bits per heavy atom. The number of hydrogen-bond donors (Lipinski definition) is 0. The minimum atomic E-state index is -0.766. The predicted octanol–water partition coefficient (Wildman–Crippen LogP) is 4.68. The minimum Gasteiger partial charge on any atom is -0.494 e. The van der Waals surface area contributed by atoms with Gasteiger partial charge in [0.15, 0.2) is 18.2 Å². The highest BCUT2D eigenvalue weighted by atomic mass is 16.5. The summed E-state index contributed by atoms with van der Waals surface area (Å²) < 4.78 is 12.3. The fourth-order valence-electron chi connectivity index (χ4n) is 3.30. The van der Waals surface area contributed by atoms with Crippen LogP contribution in [-0.2, 0) is 4.74 Å². The van der Waals surface area contributed by atoms with Crippen molar-refractivity contribution >= 4 is 11.8 Å². The van der Waals surface area contributed by atoms with Crippen molar-refractivity contribution in [1.29, 1.82) is 0 Å². The van der Waals surface area contributed by atoms with E-state index in [9.17, 15) is 9.59 Å². The molecular formula is C26H23N3O4. The second kappa shape index (κ2) is 9.91. The molecule has 0 aliphatic rings. The van der Waals surface area contributed by atoms with Crippen LogP contribution in [0.2, 0.25) is 0 Å². The van der Waals surface area contributed by atoms with Gasteiger partial charge in [-0.25, -0.2) is 14.5 Å². The van der Waals surface area contributed by atoms with Gasteiger partial charge in [0.1, 0.15) is 5.75 Å². The Kier molecular flexibility index (Phi) is 6.59. The summed E-state index contributed by atoms with van der Waals surface area (Å²) in [4.78, 5) is 29.4. The lowest BCUT2D eigenvalue weighted by atomic mass is 10.1. The first-order chi connectivity index (χ1) is 16.0. The van der Waals surface area contributed by atoms with E-state index in [-0.39, 0.29) is 18.2 Å². The van der Waals surface area contributed by atoms with E-state index in [4.69, 9.17) is 9.47 Å². The van der Waals surface area contributed by atoms with Gasteiger partial charge in [0.05, 0.1) is 12.3 Å². The molecule has 0 fully saturated rings. The summed E-state index contributed by atoms with van der Waals surface area (Å²) in [6, 6.07) is 23.8. The van der Waals surface area contributed by atoms with Crippen LogP contribution >= 0.6 is 0 Å². The highest BCUT2D eigenvalue weighted by Gasteiger charge is 2.21. The summed E-state index contributed by atoms with van der Waals surface area (Å²) in [5.41, 5.74) is 3.03. The zero-order chi connectivity index (χ0) is 23.2. The van der Waals surface area contributed by atoms with E-state index < -0.39 is 5.97 Å². The topological polar surface area (TPSA) is 83.3 Å². The maximum atomic E-state index is 12.7. The molecule has 0 radical (unpaired) electrons. The minimum absolute atomic E-state index is 0.124. The molecule has 4 rings (SSSR count). The molecule has 4 aromatic rings. The Morgan fingerprint density at radius 2 is 1.70 bits per heavy atom. The number of carbonyl (C=O) groups is 2. The lowest BCUT2D eigenvalue weighted by Crippen LogP contribution is -2.15. The molecule has 1 heterocycles. The zero-order valence-corrected chi connectivity index (χ0v) is 18.4. The van der Waals surface area contributed by atoms with Crippen LogP contribution in [0.15, 0.2) is 78.9 Å². The first kappa shape index (κ1) is 22.0. The number of esters is 1. The molecule has 1 aromatic heterocycles. The van der Waals surface area contributed by atoms with E-state index >= 15 is 0 Å². The zero-order valence-electron chi connectivity index (χ0n) is 18.4. The molecule has 0 aliphatic heterocycles. The monoisotopic (exact) mass is 441 g/mol. The third-order valence-corrected chi connectivity index (χ3v) is 4.89. The number of ether oxygens (including phenoxy) is 2. The molecule has 0 aliphatic carbocycles. The Labute approximate surface area is 191 Å². The Balaban J connectivity index is 1.63. The van der Waals surface area contributed by atoms with Crippen LogP contribution < -0.4 is 4.74 Å². The molecule has 0 saturated carbocycles. The molecule has 0 amide bonds. The van der Waals surface area contributed by atoms with Crippen molar-refractivity contribution in [3.8, 4) is 22.8 Å². The Hall–Kier alpha value is -4.26. The summed E-state index contributed by atoms with van der Waals surface area (Å²) in [6.07, 6.45) is 0. The molecule has 0 unspecified atom stereocenters. The molecular weight excluding hydrogens is 418 g/mol. The lowest BCUT2D eigenvalue weighted by Gasteiger charge is -2.08. The van der Waals surface area contributed by atoms with Gasteiger partial charge in [-0.2, -0.15) is 0 Å². The fourth-order valence-corrected chi connectivity index (χ4v) is 3.30. The van der Waals surface area contributed by atoms with Crippen LogP contribution in [0, 0.1) is 6.92 Å². The molecule has 7 heteroatoms. The third kappa shape index (κ3) is 5.15. The largest absolute Gasteiger partial charge is 0.494 e. The number of carbonyl (C=O) groups excluding carboxylic acids is 2. The van der Waals surface area contributed by atoms with E-state index in [2.05, 4.69) is 10.1 Å². The number of nitrogens with zero attached hydrogens (tertiary/aromatic N) is 3. The number of benzene rings is 3. The highest BCUT2D eigenvalue weighted by Crippen LogP contribution is 2.24. The van der Waals surface area contributed by atoms with Gasteiger partial charge in [0.25, 0.3) is 5.82 Å². The van der Waals surface area contributed by atoms with Crippen molar-refractivity contribution in [3.63, 3.8) is 0 Å². The third-order valence-electron chi connectivity index (χ3n) is 4.89. The van der Waals surface area contributed by atoms with Crippen molar-refractivity contribution in [2.75, 3.05) is 13.2 Å². The van der Waals surface area contributed by atoms with Crippen molar-refractivity contribution in [2.24, 2.45) is 0 Å². The van der Waals surface area contributed by atoms with Crippen LogP contribution in [0.5, 0.6) is 5.75 Å².